The molecule has 0 aliphatic carbocycles. The van der Waals surface area contributed by atoms with E-state index in [4.69, 9.17) is 4.42 Å². The van der Waals surface area contributed by atoms with E-state index in [0.29, 0.717) is 38.9 Å². The number of halogens is 1. The van der Waals surface area contributed by atoms with Crippen molar-refractivity contribution in [3.63, 3.8) is 0 Å². The molecule has 6 nitrogen and oxygen atoms in total. The van der Waals surface area contributed by atoms with Gasteiger partial charge in [-0.05, 0) is 49.7 Å². The van der Waals surface area contributed by atoms with Crippen molar-refractivity contribution in [3.8, 4) is 6.07 Å². The molecule has 1 amide bonds. The van der Waals surface area contributed by atoms with Gasteiger partial charge in [-0.25, -0.2) is 0 Å². The van der Waals surface area contributed by atoms with Gasteiger partial charge in [0.15, 0.2) is 5.78 Å². The predicted molar refractivity (Wildman–Crippen MR) is 141 cm³/mol. The molecule has 8 heteroatoms. The molecule has 2 N–H and O–H groups in total. The van der Waals surface area contributed by atoms with Gasteiger partial charge in [0.05, 0.1) is 40.2 Å². The number of thioether (sulfide) groups is 1. The predicted octanol–water partition coefficient (Wildman–Crippen LogP) is 6.30. The number of Topliss-reactive ketones (excluding diaryl/α,β-unsaturated/α-hetero) is 1. The number of allylic oxidation sites excluding steroid dienone is 2. The van der Waals surface area contributed by atoms with Crippen LogP contribution in [0.25, 0.3) is 0 Å². The van der Waals surface area contributed by atoms with Crippen LogP contribution in [-0.2, 0) is 4.79 Å². The van der Waals surface area contributed by atoms with E-state index >= 15 is 0 Å². The lowest BCUT2D eigenvalue weighted by Gasteiger charge is -2.28. The van der Waals surface area contributed by atoms with Crippen molar-refractivity contribution in [3.05, 3.63) is 110 Å². The Morgan fingerprint density at radius 3 is 2.51 bits per heavy atom. The van der Waals surface area contributed by atoms with Crippen molar-refractivity contribution < 1.29 is 14.0 Å². The summed E-state index contributed by atoms with van der Waals surface area (Å²) in [5.41, 5.74) is 3.52. The molecule has 2 heterocycles. The number of hydrogen-bond donors (Lipinski definition) is 2. The summed E-state index contributed by atoms with van der Waals surface area (Å²) in [5, 5.41) is 16.8. The number of hydrogen-bond acceptors (Lipinski definition) is 6. The molecule has 0 radical (unpaired) electrons. The van der Waals surface area contributed by atoms with E-state index < -0.39 is 5.92 Å². The molecular weight excluding hydrogens is 526 g/mol. The molecule has 0 bridgehead atoms. The number of amides is 1. The van der Waals surface area contributed by atoms with Crippen molar-refractivity contribution >= 4 is 45.1 Å². The average molecular weight is 548 g/mol. The molecule has 1 aliphatic rings. The van der Waals surface area contributed by atoms with Crippen molar-refractivity contribution in [2.24, 2.45) is 0 Å². The summed E-state index contributed by atoms with van der Waals surface area (Å²) in [5.74, 6) is -0.472. The number of para-hydroxylation sites is 1. The van der Waals surface area contributed by atoms with E-state index in [0.717, 1.165) is 10.0 Å². The van der Waals surface area contributed by atoms with Gasteiger partial charge in [-0.3, -0.25) is 9.59 Å². The van der Waals surface area contributed by atoms with Gasteiger partial charge in [-0.2, -0.15) is 5.26 Å². The summed E-state index contributed by atoms with van der Waals surface area (Å²) in [4.78, 5) is 26.2. The lowest BCUT2D eigenvalue weighted by molar-refractivity contribution is -0.113. The summed E-state index contributed by atoms with van der Waals surface area (Å²) in [6.45, 7) is 3.70. The largest absolute Gasteiger partial charge is 0.468 e. The first kappa shape index (κ1) is 24.6. The number of benzene rings is 2. The highest BCUT2D eigenvalue weighted by Gasteiger charge is 2.36. The fourth-order valence-electron chi connectivity index (χ4n) is 3.83. The molecule has 35 heavy (non-hydrogen) atoms. The molecule has 4 rings (SSSR count). The fraction of sp³-hybridized carbons (Fsp3) is 0.148. The minimum absolute atomic E-state index is 0.0617. The fourth-order valence-corrected chi connectivity index (χ4v) is 5.08. The van der Waals surface area contributed by atoms with Gasteiger partial charge in [-0.1, -0.05) is 58.0 Å². The molecule has 0 fully saturated rings. The van der Waals surface area contributed by atoms with Crippen molar-refractivity contribution in [2.45, 2.75) is 19.8 Å². The van der Waals surface area contributed by atoms with Crippen LogP contribution >= 0.6 is 27.7 Å². The van der Waals surface area contributed by atoms with Crippen LogP contribution in [0.4, 0.5) is 5.69 Å². The van der Waals surface area contributed by atoms with Crippen LogP contribution in [0.3, 0.4) is 0 Å². The molecule has 2 aromatic carbocycles. The number of carbonyl (C=O) groups is 2. The van der Waals surface area contributed by atoms with Gasteiger partial charge in [-0.15, -0.1) is 0 Å². The van der Waals surface area contributed by atoms with E-state index in [2.05, 4.69) is 32.6 Å². The van der Waals surface area contributed by atoms with E-state index in [9.17, 15) is 14.9 Å². The Bertz CT molecular complexity index is 1370. The van der Waals surface area contributed by atoms with Gasteiger partial charge in [0.25, 0.3) is 5.91 Å². The SMILES string of the molecule is CC1=C(C(=O)Nc2ccccc2C)C(c2ccco2)C(C#N)=C(SCC(=O)c2ccc(Br)cc2)N1. The maximum Gasteiger partial charge on any atom is 0.254 e. The van der Waals surface area contributed by atoms with Crippen LogP contribution in [-0.4, -0.2) is 17.4 Å². The number of anilines is 1. The Morgan fingerprint density at radius 1 is 1.11 bits per heavy atom. The number of furan rings is 1. The number of rotatable bonds is 7. The average Bonchev–Trinajstić information content (AvgIpc) is 3.38. The van der Waals surface area contributed by atoms with Gasteiger partial charge < -0.3 is 15.1 Å². The molecule has 1 atom stereocenters. The van der Waals surface area contributed by atoms with Gasteiger partial charge in [0, 0.05) is 21.4 Å². The van der Waals surface area contributed by atoms with Gasteiger partial charge >= 0.3 is 0 Å². The van der Waals surface area contributed by atoms with E-state index in [-0.39, 0.29) is 17.4 Å². The van der Waals surface area contributed by atoms with Gasteiger partial charge in [0.1, 0.15) is 5.76 Å². The Balaban J connectivity index is 1.64. The van der Waals surface area contributed by atoms with E-state index in [1.54, 1.807) is 31.2 Å². The standard InChI is InChI=1S/C27H22BrN3O3S/c1-16-6-3-4-7-21(16)31-26(33)24-17(2)30-27(20(14-29)25(24)23-8-5-13-34-23)35-15-22(32)18-9-11-19(28)12-10-18/h3-13,25,30H,15H2,1-2H3,(H,31,33). The van der Waals surface area contributed by atoms with Crippen molar-refractivity contribution in [1.82, 2.24) is 5.32 Å². The number of carbonyl (C=O) groups excluding carboxylic acids is 2. The Kier molecular flexibility index (Phi) is 7.59. The summed E-state index contributed by atoms with van der Waals surface area (Å²) < 4.78 is 6.55. The Hall–Kier alpha value is -3.54. The van der Waals surface area contributed by atoms with E-state index in [1.807, 2.05) is 43.3 Å². The zero-order valence-electron chi connectivity index (χ0n) is 19.1. The number of aryl methyl sites for hydroxylation is 1. The summed E-state index contributed by atoms with van der Waals surface area (Å²) in [6, 6.07) is 20.4. The normalized spacial score (nSPS) is 15.4. The lowest BCUT2D eigenvalue weighted by atomic mass is 9.85. The summed E-state index contributed by atoms with van der Waals surface area (Å²) >= 11 is 4.61. The molecule has 0 saturated carbocycles. The summed E-state index contributed by atoms with van der Waals surface area (Å²) in [6.07, 6.45) is 1.52. The third-order valence-corrected chi connectivity index (χ3v) is 7.17. The van der Waals surface area contributed by atoms with Crippen molar-refractivity contribution in [1.29, 1.82) is 5.26 Å². The van der Waals surface area contributed by atoms with Crippen molar-refractivity contribution in [2.75, 3.05) is 11.1 Å². The first-order valence-corrected chi connectivity index (χ1v) is 12.6. The lowest BCUT2D eigenvalue weighted by Crippen LogP contribution is -2.31. The van der Waals surface area contributed by atoms with Crippen LogP contribution in [0.2, 0.25) is 0 Å². The monoisotopic (exact) mass is 547 g/mol. The first-order valence-electron chi connectivity index (χ1n) is 10.8. The maximum atomic E-state index is 13.4. The number of dihydropyridines is 1. The maximum absolute atomic E-state index is 13.4. The second kappa shape index (κ2) is 10.8. The molecule has 3 aromatic rings. The highest BCUT2D eigenvalue weighted by Crippen LogP contribution is 2.41. The Labute approximate surface area is 216 Å². The van der Waals surface area contributed by atoms with Crippen LogP contribution in [0.1, 0.15) is 34.5 Å². The molecule has 1 aromatic heterocycles. The highest BCUT2D eigenvalue weighted by atomic mass is 79.9. The van der Waals surface area contributed by atoms with E-state index in [1.165, 1.54) is 18.0 Å². The van der Waals surface area contributed by atoms with Crippen LogP contribution in [0.15, 0.2) is 97.7 Å². The quantitative estimate of drug-likeness (QED) is 0.337. The minimum Gasteiger partial charge on any atom is -0.468 e. The molecule has 1 unspecified atom stereocenters. The number of ketones is 1. The molecular formula is C27H22BrN3O3S. The second-order valence-electron chi connectivity index (χ2n) is 7.95. The highest BCUT2D eigenvalue weighted by molar-refractivity contribution is 9.10. The summed E-state index contributed by atoms with van der Waals surface area (Å²) in [7, 11) is 0. The molecule has 1 aliphatic heterocycles. The third-order valence-electron chi connectivity index (χ3n) is 5.63. The van der Waals surface area contributed by atoms with Crippen LogP contribution in [0.5, 0.6) is 0 Å². The first-order chi connectivity index (χ1) is 16.9. The van der Waals surface area contributed by atoms with Crippen LogP contribution in [0, 0.1) is 18.3 Å². The minimum atomic E-state index is -0.703. The number of nitrogens with one attached hydrogen (secondary N) is 2. The molecule has 0 saturated heterocycles. The number of nitrogens with zero attached hydrogens (tertiary/aromatic N) is 1. The Morgan fingerprint density at radius 2 is 1.86 bits per heavy atom. The van der Waals surface area contributed by atoms with Gasteiger partial charge in [0.2, 0.25) is 0 Å². The molecule has 0 spiro atoms. The third kappa shape index (κ3) is 5.42. The number of nitriles is 1. The topological polar surface area (TPSA) is 95.1 Å². The zero-order valence-corrected chi connectivity index (χ0v) is 21.5. The zero-order chi connectivity index (χ0) is 24.9. The van der Waals surface area contributed by atoms with Crippen LogP contribution < -0.4 is 10.6 Å². The second-order valence-corrected chi connectivity index (χ2v) is 9.86. The smallest absolute Gasteiger partial charge is 0.254 e. The molecule has 176 valence electrons.